The van der Waals surface area contributed by atoms with Crippen molar-refractivity contribution >= 4 is 27.2 Å². The van der Waals surface area contributed by atoms with Gasteiger partial charge in [-0.25, -0.2) is 4.98 Å². The van der Waals surface area contributed by atoms with Crippen LogP contribution in [0.25, 0.3) is 10.2 Å². The predicted molar refractivity (Wildman–Crippen MR) is 50.6 cm³/mol. The molecule has 2 rings (SSSR count). The van der Waals surface area contributed by atoms with Crippen LogP contribution in [0.1, 0.15) is 0 Å². The Hall–Kier alpha value is -1.29. The fourth-order valence-corrected chi connectivity index (χ4v) is 1.84. The van der Waals surface area contributed by atoms with Crippen LogP contribution in [0.2, 0.25) is 0 Å². The summed E-state index contributed by atoms with van der Waals surface area (Å²) < 4.78 is 6.12. The highest BCUT2D eigenvalue weighted by atomic mass is 32.1. The van der Waals surface area contributed by atoms with E-state index in [0.717, 1.165) is 21.7 Å². The number of rotatable bonds is 1. The van der Waals surface area contributed by atoms with E-state index in [1.54, 1.807) is 12.6 Å². The molecular formula is C8H8N2OS. The van der Waals surface area contributed by atoms with E-state index >= 15 is 0 Å². The summed E-state index contributed by atoms with van der Waals surface area (Å²) in [7, 11) is 1.63. The Morgan fingerprint density at radius 2 is 2.33 bits per heavy atom. The summed E-state index contributed by atoms with van der Waals surface area (Å²) in [6.07, 6.45) is 0. The zero-order valence-electron chi connectivity index (χ0n) is 6.57. The molecule has 0 radical (unpaired) electrons. The summed E-state index contributed by atoms with van der Waals surface area (Å²) >= 11 is 1.53. The van der Waals surface area contributed by atoms with Crippen molar-refractivity contribution in [3.63, 3.8) is 0 Å². The molecule has 0 bridgehead atoms. The summed E-state index contributed by atoms with van der Waals surface area (Å²) in [6.45, 7) is 0. The van der Waals surface area contributed by atoms with Gasteiger partial charge in [0.2, 0.25) is 0 Å². The minimum atomic E-state index is 0.758. The number of ether oxygens (including phenoxy) is 1. The maximum Gasteiger partial charge on any atom is 0.146 e. The first kappa shape index (κ1) is 7.36. The van der Waals surface area contributed by atoms with Crippen molar-refractivity contribution in [2.75, 3.05) is 12.8 Å². The van der Waals surface area contributed by atoms with Gasteiger partial charge in [-0.05, 0) is 12.1 Å². The van der Waals surface area contributed by atoms with Gasteiger partial charge >= 0.3 is 0 Å². The number of aromatic nitrogens is 1. The molecule has 0 saturated heterocycles. The maximum atomic E-state index is 5.74. The zero-order valence-corrected chi connectivity index (χ0v) is 7.39. The van der Waals surface area contributed by atoms with Crippen LogP contribution in [0, 0.1) is 0 Å². The second kappa shape index (κ2) is 2.64. The number of anilines is 1. The van der Waals surface area contributed by atoms with Crippen molar-refractivity contribution in [1.29, 1.82) is 0 Å². The van der Waals surface area contributed by atoms with Crippen LogP contribution >= 0.6 is 11.3 Å². The van der Waals surface area contributed by atoms with E-state index < -0.39 is 0 Å². The molecule has 4 heteroatoms. The predicted octanol–water partition coefficient (Wildman–Crippen LogP) is 1.89. The van der Waals surface area contributed by atoms with Crippen LogP contribution < -0.4 is 10.5 Å². The first-order valence-electron chi connectivity index (χ1n) is 3.48. The summed E-state index contributed by atoms with van der Waals surface area (Å²) in [4.78, 5) is 4.16. The highest BCUT2D eigenvalue weighted by Crippen LogP contribution is 2.31. The molecule has 2 aromatic rings. The van der Waals surface area contributed by atoms with Crippen LogP contribution in [-0.4, -0.2) is 12.1 Å². The van der Waals surface area contributed by atoms with E-state index in [1.165, 1.54) is 11.3 Å². The average molecular weight is 180 g/mol. The van der Waals surface area contributed by atoms with E-state index in [0.29, 0.717) is 0 Å². The van der Waals surface area contributed by atoms with Crippen LogP contribution in [0.15, 0.2) is 17.6 Å². The Morgan fingerprint density at radius 3 is 3.08 bits per heavy atom. The normalized spacial score (nSPS) is 10.4. The Kier molecular flexibility index (Phi) is 1.62. The number of nitrogen functional groups attached to an aromatic ring is 1. The molecule has 0 amide bonds. The van der Waals surface area contributed by atoms with Crippen LogP contribution in [0.4, 0.5) is 5.69 Å². The minimum absolute atomic E-state index is 0.758. The highest BCUT2D eigenvalue weighted by Gasteiger charge is 2.05. The van der Waals surface area contributed by atoms with Gasteiger partial charge in [-0.1, -0.05) is 0 Å². The molecule has 0 saturated carbocycles. The van der Waals surface area contributed by atoms with Crippen LogP contribution in [-0.2, 0) is 0 Å². The van der Waals surface area contributed by atoms with E-state index in [4.69, 9.17) is 10.5 Å². The topological polar surface area (TPSA) is 48.1 Å². The lowest BCUT2D eigenvalue weighted by atomic mass is 10.3. The van der Waals surface area contributed by atoms with E-state index in [2.05, 4.69) is 4.98 Å². The van der Waals surface area contributed by atoms with Crippen molar-refractivity contribution in [1.82, 2.24) is 4.98 Å². The lowest BCUT2D eigenvalue weighted by Crippen LogP contribution is -1.88. The fourth-order valence-electron chi connectivity index (χ4n) is 1.11. The van der Waals surface area contributed by atoms with Gasteiger partial charge in [0.05, 0.1) is 23.0 Å². The summed E-state index contributed by atoms with van der Waals surface area (Å²) in [5.74, 6) is 0.778. The third kappa shape index (κ3) is 0.921. The van der Waals surface area contributed by atoms with Crippen LogP contribution in [0.3, 0.4) is 0 Å². The second-order valence-electron chi connectivity index (χ2n) is 2.39. The quantitative estimate of drug-likeness (QED) is 0.682. The van der Waals surface area contributed by atoms with Crippen molar-refractivity contribution in [3.8, 4) is 5.75 Å². The molecule has 1 aromatic heterocycles. The van der Waals surface area contributed by atoms with Gasteiger partial charge in [0.25, 0.3) is 0 Å². The molecule has 62 valence electrons. The third-order valence-electron chi connectivity index (χ3n) is 1.70. The van der Waals surface area contributed by atoms with E-state index in [1.807, 2.05) is 12.1 Å². The lowest BCUT2D eigenvalue weighted by molar-refractivity contribution is 0.419. The van der Waals surface area contributed by atoms with Gasteiger partial charge in [0.15, 0.2) is 0 Å². The number of nitrogens with two attached hydrogens (primary N) is 1. The summed E-state index contributed by atoms with van der Waals surface area (Å²) in [5, 5.41) is 0. The Bertz CT molecular complexity index is 410. The molecule has 0 fully saturated rings. The maximum absolute atomic E-state index is 5.74. The molecule has 0 unspecified atom stereocenters. The number of methoxy groups -OCH3 is 1. The number of hydrogen-bond donors (Lipinski definition) is 1. The van der Waals surface area contributed by atoms with Gasteiger partial charge in [0, 0.05) is 0 Å². The van der Waals surface area contributed by atoms with Crippen molar-refractivity contribution in [2.45, 2.75) is 0 Å². The number of hydrogen-bond acceptors (Lipinski definition) is 4. The third-order valence-corrected chi connectivity index (χ3v) is 2.57. The van der Waals surface area contributed by atoms with Gasteiger partial charge in [-0.3, -0.25) is 0 Å². The van der Waals surface area contributed by atoms with Crippen molar-refractivity contribution in [3.05, 3.63) is 17.6 Å². The first-order chi connectivity index (χ1) is 5.83. The monoisotopic (exact) mass is 180 g/mol. The molecular weight excluding hydrogens is 172 g/mol. The number of nitrogens with zero attached hydrogens (tertiary/aromatic N) is 1. The first-order valence-corrected chi connectivity index (χ1v) is 4.36. The average Bonchev–Trinajstić information content (AvgIpc) is 2.54. The van der Waals surface area contributed by atoms with Crippen LogP contribution in [0.5, 0.6) is 5.75 Å². The second-order valence-corrected chi connectivity index (χ2v) is 3.24. The van der Waals surface area contributed by atoms with E-state index in [-0.39, 0.29) is 0 Å². The smallest absolute Gasteiger partial charge is 0.146 e. The zero-order chi connectivity index (χ0) is 8.55. The molecule has 0 atom stereocenters. The molecule has 3 nitrogen and oxygen atoms in total. The van der Waals surface area contributed by atoms with Gasteiger partial charge in [-0.2, -0.15) is 0 Å². The molecule has 0 aliphatic rings. The molecule has 2 N–H and O–H groups in total. The SMILES string of the molecule is COc1ccc(N)c2scnc12. The fraction of sp³-hybridized carbons (Fsp3) is 0.125. The number of benzene rings is 1. The van der Waals surface area contributed by atoms with Gasteiger partial charge in [-0.15, -0.1) is 11.3 Å². The Balaban J connectivity index is 2.82. The highest BCUT2D eigenvalue weighted by molar-refractivity contribution is 7.17. The standard InChI is InChI=1S/C8H8N2OS/c1-11-6-3-2-5(9)8-7(6)10-4-12-8/h2-4H,9H2,1H3. The van der Waals surface area contributed by atoms with E-state index in [9.17, 15) is 0 Å². The molecule has 0 aliphatic carbocycles. The Morgan fingerprint density at radius 1 is 1.50 bits per heavy atom. The number of thiazole rings is 1. The van der Waals surface area contributed by atoms with Gasteiger partial charge < -0.3 is 10.5 Å². The number of fused-ring (bicyclic) bond motifs is 1. The van der Waals surface area contributed by atoms with Crippen molar-refractivity contribution in [2.24, 2.45) is 0 Å². The largest absolute Gasteiger partial charge is 0.494 e. The van der Waals surface area contributed by atoms with Gasteiger partial charge in [0.1, 0.15) is 11.3 Å². The molecule has 12 heavy (non-hydrogen) atoms. The Labute approximate surface area is 73.8 Å². The lowest BCUT2D eigenvalue weighted by Gasteiger charge is -2.01. The molecule has 1 aromatic carbocycles. The summed E-state index contributed by atoms with van der Waals surface area (Å²) in [5.41, 5.74) is 9.11. The summed E-state index contributed by atoms with van der Waals surface area (Å²) in [6, 6.07) is 3.66. The molecule has 1 heterocycles. The minimum Gasteiger partial charge on any atom is -0.494 e. The van der Waals surface area contributed by atoms with Crippen molar-refractivity contribution < 1.29 is 4.74 Å². The molecule has 0 aliphatic heterocycles. The molecule has 0 spiro atoms.